The number of methoxy groups -OCH3 is 1. The highest BCUT2D eigenvalue weighted by Gasteiger charge is 2.40. The summed E-state index contributed by atoms with van der Waals surface area (Å²) in [7, 11) is -2.58. The molecular formula is C15H20N2O6S. The van der Waals surface area contributed by atoms with Crippen LogP contribution in [0.4, 0.5) is 4.79 Å². The van der Waals surface area contributed by atoms with E-state index in [2.05, 4.69) is 4.74 Å². The Labute approximate surface area is 141 Å². The lowest BCUT2D eigenvalue weighted by Crippen LogP contribution is -2.54. The van der Waals surface area contributed by atoms with Crippen LogP contribution in [0.5, 0.6) is 0 Å². The van der Waals surface area contributed by atoms with Gasteiger partial charge >= 0.3 is 6.16 Å². The zero-order chi connectivity index (χ0) is 17.2. The zero-order valence-corrected chi connectivity index (χ0v) is 14.2. The van der Waals surface area contributed by atoms with Gasteiger partial charge in [-0.1, -0.05) is 24.3 Å². The van der Waals surface area contributed by atoms with E-state index in [0.717, 1.165) is 11.1 Å². The third kappa shape index (κ3) is 3.39. The van der Waals surface area contributed by atoms with Crippen LogP contribution in [0.25, 0.3) is 0 Å². The number of rotatable bonds is 3. The molecule has 1 fully saturated rings. The standard InChI is InChI=1S/C15H20N2O6S/c1-21-15(18)23-14-10-12-4-2-3-5-13(12)11-17(14)24(19,20)16-6-8-22-9-7-16/h2-5,14H,6-11H2,1H3. The lowest BCUT2D eigenvalue weighted by Gasteiger charge is -2.38. The van der Waals surface area contributed by atoms with Crippen molar-refractivity contribution in [3.8, 4) is 0 Å². The number of hydrogen-bond acceptors (Lipinski definition) is 6. The molecule has 24 heavy (non-hydrogen) atoms. The Hall–Kier alpha value is -1.68. The fourth-order valence-corrected chi connectivity index (χ4v) is 4.51. The van der Waals surface area contributed by atoms with Gasteiger partial charge in [-0.2, -0.15) is 12.7 Å². The normalized spacial score (nSPS) is 22.6. The van der Waals surface area contributed by atoms with Gasteiger partial charge in [-0.15, -0.1) is 4.31 Å². The molecule has 2 heterocycles. The molecule has 8 nitrogen and oxygen atoms in total. The number of carbonyl (C=O) groups is 1. The Kier molecular flexibility index (Phi) is 5.04. The van der Waals surface area contributed by atoms with E-state index in [1.807, 2.05) is 24.3 Å². The van der Waals surface area contributed by atoms with E-state index in [-0.39, 0.29) is 26.1 Å². The first kappa shape index (κ1) is 17.2. The third-order valence-corrected chi connectivity index (χ3v) is 6.13. The van der Waals surface area contributed by atoms with Gasteiger partial charge < -0.3 is 14.2 Å². The lowest BCUT2D eigenvalue weighted by molar-refractivity contribution is -0.0195. The Morgan fingerprint density at radius 1 is 1.21 bits per heavy atom. The first-order valence-electron chi connectivity index (χ1n) is 7.68. The summed E-state index contributed by atoms with van der Waals surface area (Å²) in [6, 6.07) is 7.52. The van der Waals surface area contributed by atoms with E-state index in [1.165, 1.54) is 15.7 Å². The molecule has 132 valence electrons. The summed E-state index contributed by atoms with van der Waals surface area (Å²) in [5.74, 6) is 0. The number of hydrogen-bond donors (Lipinski definition) is 0. The molecule has 0 aromatic heterocycles. The van der Waals surface area contributed by atoms with Crippen LogP contribution in [0, 0.1) is 0 Å². The molecule has 0 bridgehead atoms. The van der Waals surface area contributed by atoms with Gasteiger partial charge in [0.1, 0.15) is 0 Å². The second-order valence-corrected chi connectivity index (χ2v) is 7.44. The molecule has 0 amide bonds. The molecule has 1 aromatic rings. The molecule has 2 aliphatic rings. The van der Waals surface area contributed by atoms with Crippen LogP contribution < -0.4 is 0 Å². The predicted molar refractivity (Wildman–Crippen MR) is 84.3 cm³/mol. The lowest BCUT2D eigenvalue weighted by atomic mass is 10.0. The number of morpholine rings is 1. The molecule has 1 aromatic carbocycles. The van der Waals surface area contributed by atoms with E-state index in [9.17, 15) is 13.2 Å². The third-order valence-electron chi connectivity index (χ3n) is 4.15. The Balaban J connectivity index is 1.90. The summed E-state index contributed by atoms with van der Waals surface area (Å²) < 4.78 is 43.5. The SMILES string of the molecule is COC(=O)OC1Cc2ccccc2CN1S(=O)(=O)N1CCOCC1. The Morgan fingerprint density at radius 2 is 1.88 bits per heavy atom. The number of ether oxygens (including phenoxy) is 3. The Morgan fingerprint density at radius 3 is 2.54 bits per heavy atom. The molecule has 1 atom stereocenters. The molecular weight excluding hydrogens is 336 g/mol. The Bertz CT molecular complexity index is 702. The van der Waals surface area contributed by atoms with Crippen molar-refractivity contribution in [1.29, 1.82) is 0 Å². The van der Waals surface area contributed by atoms with Crippen molar-refractivity contribution in [2.24, 2.45) is 0 Å². The number of benzene rings is 1. The monoisotopic (exact) mass is 356 g/mol. The molecule has 0 aliphatic carbocycles. The highest BCUT2D eigenvalue weighted by Crippen LogP contribution is 2.28. The van der Waals surface area contributed by atoms with Gasteiger partial charge in [0, 0.05) is 26.1 Å². The van der Waals surface area contributed by atoms with Gasteiger partial charge in [0.05, 0.1) is 20.3 Å². The number of fused-ring (bicyclic) bond motifs is 1. The van der Waals surface area contributed by atoms with Crippen molar-refractivity contribution in [2.75, 3.05) is 33.4 Å². The van der Waals surface area contributed by atoms with E-state index in [1.54, 1.807) is 0 Å². The van der Waals surface area contributed by atoms with Crippen LogP contribution in [-0.2, 0) is 37.4 Å². The van der Waals surface area contributed by atoms with Crippen molar-refractivity contribution in [1.82, 2.24) is 8.61 Å². The van der Waals surface area contributed by atoms with Crippen LogP contribution >= 0.6 is 0 Å². The molecule has 3 rings (SSSR count). The minimum Gasteiger partial charge on any atom is -0.438 e. The average molecular weight is 356 g/mol. The maximum absolute atomic E-state index is 13.0. The minimum atomic E-state index is -3.78. The van der Waals surface area contributed by atoms with Gasteiger partial charge in [0.25, 0.3) is 10.2 Å². The zero-order valence-electron chi connectivity index (χ0n) is 13.4. The van der Waals surface area contributed by atoms with Gasteiger partial charge in [-0.25, -0.2) is 4.79 Å². The van der Waals surface area contributed by atoms with E-state index >= 15 is 0 Å². The van der Waals surface area contributed by atoms with Gasteiger partial charge in [0.2, 0.25) is 0 Å². The predicted octanol–water partition coefficient (Wildman–Crippen LogP) is 0.731. The highest BCUT2D eigenvalue weighted by atomic mass is 32.2. The molecule has 0 spiro atoms. The van der Waals surface area contributed by atoms with Crippen molar-refractivity contribution in [3.63, 3.8) is 0 Å². The molecule has 0 saturated carbocycles. The van der Waals surface area contributed by atoms with E-state index in [0.29, 0.717) is 13.2 Å². The van der Waals surface area contributed by atoms with Crippen LogP contribution in [0.1, 0.15) is 11.1 Å². The summed E-state index contributed by atoms with van der Waals surface area (Å²) >= 11 is 0. The highest BCUT2D eigenvalue weighted by molar-refractivity contribution is 7.86. The number of carbonyl (C=O) groups excluding carboxylic acids is 1. The topological polar surface area (TPSA) is 85.4 Å². The maximum Gasteiger partial charge on any atom is 0.509 e. The molecule has 0 N–H and O–H groups in total. The van der Waals surface area contributed by atoms with E-state index in [4.69, 9.17) is 9.47 Å². The molecule has 2 aliphatic heterocycles. The minimum absolute atomic E-state index is 0.150. The summed E-state index contributed by atoms with van der Waals surface area (Å²) in [5.41, 5.74) is 1.86. The van der Waals surface area contributed by atoms with Crippen LogP contribution in [0.2, 0.25) is 0 Å². The summed E-state index contributed by atoms with van der Waals surface area (Å²) in [6.45, 7) is 1.42. The van der Waals surface area contributed by atoms with Crippen LogP contribution in [0.15, 0.2) is 24.3 Å². The van der Waals surface area contributed by atoms with Crippen molar-refractivity contribution >= 4 is 16.4 Å². The quantitative estimate of drug-likeness (QED) is 0.743. The summed E-state index contributed by atoms with van der Waals surface area (Å²) in [6.07, 6.45) is -1.55. The van der Waals surface area contributed by atoms with Crippen molar-refractivity contribution in [2.45, 2.75) is 19.2 Å². The number of nitrogens with zero attached hydrogens (tertiary/aromatic N) is 2. The van der Waals surface area contributed by atoms with E-state index < -0.39 is 22.6 Å². The molecule has 1 saturated heterocycles. The van der Waals surface area contributed by atoms with Gasteiger partial charge in [0.15, 0.2) is 6.23 Å². The molecule has 0 radical (unpaired) electrons. The molecule has 1 unspecified atom stereocenters. The van der Waals surface area contributed by atoms with Gasteiger partial charge in [-0.05, 0) is 11.1 Å². The largest absolute Gasteiger partial charge is 0.509 e. The van der Waals surface area contributed by atoms with Crippen LogP contribution in [0.3, 0.4) is 0 Å². The van der Waals surface area contributed by atoms with Gasteiger partial charge in [-0.3, -0.25) is 0 Å². The average Bonchev–Trinajstić information content (AvgIpc) is 2.61. The second kappa shape index (κ2) is 7.06. The summed E-state index contributed by atoms with van der Waals surface area (Å²) in [4.78, 5) is 11.5. The maximum atomic E-state index is 13.0. The fraction of sp³-hybridized carbons (Fsp3) is 0.533. The molecule has 9 heteroatoms. The van der Waals surface area contributed by atoms with Crippen molar-refractivity contribution in [3.05, 3.63) is 35.4 Å². The first-order chi connectivity index (χ1) is 11.5. The summed E-state index contributed by atoms with van der Waals surface area (Å²) in [5, 5.41) is 0. The first-order valence-corrected chi connectivity index (χ1v) is 9.08. The van der Waals surface area contributed by atoms with Crippen LogP contribution in [-0.4, -0.2) is 62.8 Å². The van der Waals surface area contributed by atoms with Crippen molar-refractivity contribution < 1.29 is 27.4 Å². The smallest absolute Gasteiger partial charge is 0.438 e. The second-order valence-electron chi connectivity index (χ2n) is 5.56. The fourth-order valence-electron chi connectivity index (χ4n) is 2.89.